The number of aryl methyl sites for hydroxylation is 2. The van der Waals surface area contributed by atoms with E-state index in [2.05, 4.69) is 10.4 Å². The van der Waals surface area contributed by atoms with Gasteiger partial charge in [0.1, 0.15) is 5.76 Å². The summed E-state index contributed by atoms with van der Waals surface area (Å²) in [6, 6.07) is 3.61. The maximum absolute atomic E-state index is 6.24. The van der Waals surface area contributed by atoms with E-state index in [-0.39, 0.29) is 6.04 Å². The zero-order chi connectivity index (χ0) is 13.3. The van der Waals surface area contributed by atoms with E-state index < -0.39 is 0 Å². The Morgan fingerprint density at radius 2 is 2.17 bits per heavy atom. The molecule has 0 radical (unpaired) electrons. The SMILES string of the molecule is CNC(Cc1c(Cl)c(C)nn1C)c1ccc(Cl)o1. The summed E-state index contributed by atoms with van der Waals surface area (Å²) in [6.07, 6.45) is 0.691. The van der Waals surface area contributed by atoms with Crippen LogP contribution in [0.5, 0.6) is 0 Å². The lowest BCUT2D eigenvalue weighted by atomic mass is 10.1. The molecular formula is C12H15Cl2N3O. The van der Waals surface area contributed by atoms with E-state index in [1.54, 1.807) is 10.7 Å². The van der Waals surface area contributed by atoms with Gasteiger partial charge in [-0.15, -0.1) is 0 Å². The van der Waals surface area contributed by atoms with Gasteiger partial charge in [-0.25, -0.2) is 0 Å². The summed E-state index contributed by atoms with van der Waals surface area (Å²) in [5.74, 6) is 0.789. The van der Waals surface area contributed by atoms with Gasteiger partial charge in [0.05, 0.1) is 22.5 Å². The van der Waals surface area contributed by atoms with Crippen molar-refractivity contribution < 1.29 is 4.42 Å². The lowest BCUT2D eigenvalue weighted by Gasteiger charge is -2.14. The highest BCUT2D eigenvalue weighted by molar-refractivity contribution is 6.31. The van der Waals surface area contributed by atoms with Crippen molar-refractivity contribution in [3.63, 3.8) is 0 Å². The van der Waals surface area contributed by atoms with Crippen molar-refractivity contribution in [2.24, 2.45) is 7.05 Å². The summed E-state index contributed by atoms with van der Waals surface area (Å²) in [7, 11) is 3.76. The zero-order valence-electron chi connectivity index (χ0n) is 10.5. The van der Waals surface area contributed by atoms with E-state index in [1.165, 1.54) is 0 Å². The average Bonchev–Trinajstić information content (AvgIpc) is 2.84. The summed E-state index contributed by atoms with van der Waals surface area (Å²) < 4.78 is 7.22. The molecule has 6 heteroatoms. The first-order chi connectivity index (χ1) is 8.52. The molecule has 0 aromatic carbocycles. The van der Waals surface area contributed by atoms with Crippen LogP contribution in [0.1, 0.15) is 23.2 Å². The van der Waals surface area contributed by atoms with Crippen molar-refractivity contribution in [2.45, 2.75) is 19.4 Å². The number of likely N-dealkylation sites (N-methyl/N-ethyl adjacent to an activating group) is 1. The van der Waals surface area contributed by atoms with Gasteiger partial charge >= 0.3 is 0 Å². The molecule has 2 rings (SSSR count). The minimum atomic E-state index is 0.0183. The van der Waals surface area contributed by atoms with E-state index in [9.17, 15) is 0 Å². The van der Waals surface area contributed by atoms with Crippen molar-refractivity contribution in [2.75, 3.05) is 7.05 Å². The first-order valence-electron chi connectivity index (χ1n) is 5.63. The van der Waals surface area contributed by atoms with Crippen LogP contribution in [0.25, 0.3) is 0 Å². The van der Waals surface area contributed by atoms with Crippen molar-refractivity contribution in [1.29, 1.82) is 0 Å². The van der Waals surface area contributed by atoms with E-state index in [0.717, 1.165) is 17.1 Å². The molecule has 0 aliphatic rings. The monoisotopic (exact) mass is 287 g/mol. The Morgan fingerprint density at radius 1 is 1.44 bits per heavy atom. The van der Waals surface area contributed by atoms with Crippen molar-refractivity contribution in [3.8, 4) is 0 Å². The number of furan rings is 1. The van der Waals surface area contributed by atoms with Crippen LogP contribution < -0.4 is 5.32 Å². The number of hydrogen-bond donors (Lipinski definition) is 1. The summed E-state index contributed by atoms with van der Waals surface area (Å²) in [5, 5.41) is 8.58. The van der Waals surface area contributed by atoms with Crippen LogP contribution in [-0.2, 0) is 13.5 Å². The highest BCUT2D eigenvalue weighted by atomic mass is 35.5. The number of aromatic nitrogens is 2. The van der Waals surface area contributed by atoms with Crippen LogP contribution in [0, 0.1) is 6.92 Å². The average molecular weight is 288 g/mol. The highest BCUT2D eigenvalue weighted by Crippen LogP contribution is 2.27. The predicted molar refractivity (Wildman–Crippen MR) is 72.2 cm³/mol. The summed E-state index contributed by atoms with van der Waals surface area (Å²) >= 11 is 12.0. The van der Waals surface area contributed by atoms with E-state index in [0.29, 0.717) is 16.7 Å². The van der Waals surface area contributed by atoms with Gasteiger partial charge in [0.25, 0.3) is 0 Å². The molecule has 98 valence electrons. The van der Waals surface area contributed by atoms with Crippen LogP contribution in [0.2, 0.25) is 10.2 Å². The van der Waals surface area contributed by atoms with Crippen molar-refractivity contribution in [1.82, 2.24) is 15.1 Å². The van der Waals surface area contributed by atoms with Crippen LogP contribution in [-0.4, -0.2) is 16.8 Å². The molecular weight excluding hydrogens is 273 g/mol. The first kappa shape index (κ1) is 13.5. The second-order valence-corrected chi connectivity index (χ2v) is 4.91. The Kier molecular flexibility index (Phi) is 4.00. The predicted octanol–water partition coefficient (Wildman–Crippen LogP) is 3.13. The van der Waals surface area contributed by atoms with Gasteiger partial charge in [-0.2, -0.15) is 5.10 Å². The maximum Gasteiger partial charge on any atom is 0.193 e. The molecule has 0 saturated heterocycles. The fourth-order valence-corrected chi connectivity index (χ4v) is 2.35. The molecule has 0 aliphatic carbocycles. The van der Waals surface area contributed by atoms with Gasteiger partial charge in [-0.1, -0.05) is 11.6 Å². The molecule has 4 nitrogen and oxygen atoms in total. The minimum Gasteiger partial charge on any atom is -0.448 e. The van der Waals surface area contributed by atoms with E-state index in [1.807, 2.05) is 27.1 Å². The summed E-state index contributed by atoms with van der Waals surface area (Å²) in [4.78, 5) is 0. The number of halogens is 2. The van der Waals surface area contributed by atoms with Crippen LogP contribution in [0.15, 0.2) is 16.5 Å². The maximum atomic E-state index is 6.24. The van der Waals surface area contributed by atoms with E-state index in [4.69, 9.17) is 27.6 Å². The van der Waals surface area contributed by atoms with Crippen LogP contribution in [0.3, 0.4) is 0 Å². The first-order valence-corrected chi connectivity index (χ1v) is 6.39. The number of nitrogens with zero attached hydrogens (tertiary/aromatic N) is 2. The van der Waals surface area contributed by atoms with Gasteiger partial charge < -0.3 is 9.73 Å². The Morgan fingerprint density at radius 3 is 2.61 bits per heavy atom. The van der Waals surface area contributed by atoms with Gasteiger partial charge in [0, 0.05) is 13.5 Å². The highest BCUT2D eigenvalue weighted by Gasteiger charge is 2.19. The van der Waals surface area contributed by atoms with E-state index >= 15 is 0 Å². The van der Waals surface area contributed by atoms with Gasteiger partial charge in [0.15, 0.2) is 5.22 Å². The summed E-state index contributed by atoms with van der Waals surface area (Å²) in [5.41, 5.74) is 1.81. The Hall–Kier alpha value is -0.970. The molecule has 0 saturated carbocycles. The molecule has 0 aliphatic heterocycles. The molecule has 0 amide bonds. The smallest absolute Gasteiger partial charge is 0.193 e. The molecule has 0 bridgehead atoms. The minimum absolute atomic E-state index is 0.0183. The van der Waals surface area contributed by atoms with Crippen molar-refractivity contribution >= 4 is 23.2 Å². The molecule has 1 atom stereocenters. The fourth-order valence-electron chi connectivity index (χ4n) is 1.96. The number of nitrogens with one attached hydrogen (secondary N) is 1. The Bertz CT molecular complexity index is 548. The molecule has 1 N–H and O–H groups in total. The number of hydrogen-bond acceptors (Lipinski definition) is 3. The molecule has 2 aromatic heterocycles. The Labute approximate surface area is 116 Å². The number of rotatable bonds is 4. The third kappa shape index (κ3) is 2.55. The van der Waals surface area contributed by atoms with Crippen LogP contribution >= 0.6 is 23.2 Å². The van der Waals surface area contributed by atoms with Gasteiger partial charge in [-0.3, -0.25) is 4.68 Å². The fraction of sp³-hybridized carbons (Fsp3) is 0.417. The molecule has 18 heavy (non-hydrogen) atoms. The summed E-state index contributed by atoms with van der Waals surface area (Å²) in [6.45, 7) is 1.89. The van der Waals surface area contributed by atoms with Crippen molar-refractivity contribution in [3.05, 3.63) is 39.5 Å². The van der Waals surface area contributed by atoms with Gasteiger partial charge in [0.2, 0.25) is 0 Å². The lowest BCUT2D eigenvalue weighted by Crippen LogP contribution is -2.19. The lowest BCUT2D eigenvalue weighted by molar-refractivity contribution is 0.424. The molecule has 0 fully saturated rings. The zero-order valence-corrected chi connectivity index (χ0v) is 12.0. The topological polar surface area (TPSA) is 43.0 Å². The second kappa shape index (κ2) is 5.34. The largest absolute Gasteiger partial charge is 0.448 e. The standard InChI is InChI=1S/C12H15Cl2N3O/c1-7-12(14)9(17(3)16-7)6-8(15-2)10-4-5-11(13)18-10/h4-5,8,15H,6H2,1-3H3. The normalized spacial score (nSPS) is 12.9. The third-order valence-corrected chi connectivity index (χ3v) is 3.64. The van der Waals surface area contributed by atoms with Gasteiger partial charge in [-0.05, 0) is 37.7 Å². The quantitative estimate of drug-likeness (QED) is 0.940. The molecule has 0 spiro atoms. The molecule has 2 heterocycles. The third-order valence-electron chi connectivity index (χ3n) is 2.95. The Balaban J connectivity index is 2.25. The second-order valence-electron chi connectivity index (χ2n) is 4.16. The molecule has 1 unspecified atom stereocenters. The van der Waals surface area contributed by atoms with Crippen LogP contribution in [0.4, 0.5) is 0 Å². The molecule has 2 aromatic rings.